The Morgan fingerprint density at radius 2 is 1.73 bits per heavy atom. The molecule has 0 aliphatic carbocycles. The summed E-state index contributed by atoms with van der Waals surface area (Å²) in [5, 5.41) is 21.7. The van der Waals surface area contributed by atoms with Crippen LogP contribution in [-0.4, -0.2) is 34.8 Å². The van der Waals surface area contributed by atoms with E-state index in [9.17, 15) is 24.2 Å². The monoisotopic (exact) mass is 453 g/mol. The van der Waals surface area contributed by atoms with Crippen LogP contribution in [0.4, 0.5) is 14.9 Å². The number of ether oxygens (including phenoxy) is 2. The number of amides is 1. The Morgan fingerprint density at radius 1 is 1.03 bits per heavy atom. The van der Waals surface area contributed by atoms with Crippen molar-refractivity contribution in [2.45, 2.75) is 25.6 Å². The molecule has 172 valence electrons. The van der Waals surface area contributed by atoms with E-state index in [0.717, 1.165) is 12.1 Å². The summed E-state index contributed by atoms with van der Waals surface area (Å²) in [6.07, 6.45) is -2.72. The van der Waals surface area contributed by atoms with Crippen molar-refractivity contribution in [2.24, 2.45) is 0 Å². The van der Waals surface area contributed by atoms with E-state index >= 15 is 0 Å². The third kappa shape index (κ3) is 6.54. The normalized spacial score (nSPS) is 12.5. The number of halogens is 1. The average Bonchev–Trinajstić information content (AvgIpc) is 2.80. The number of carbonyl (C=O) groups excluding carboxylic acids is 2. The Bertz CT molecular complexity index is 1090. The molecule has 0 saturated carbocycles. The van der Waals surface area contributed by atoms with Gasteiger partial charge in [0.2, 0.25) is 0 Å². The first-order valence-electron chi connectivity index (χ1n) is 10.3. The van der Waals surface area contributed by atoms with Crippen LogP contribution in [0.2, 0.25) is 0 Å². The van der Waals surface area contributed by atoms with Crippen molar-refractivity contribution in [3.63, 3.8) is 0 Å². The molecule has 3 aromatic rings. The van der Waals surface area contributed by atoms with Gasteiger partial charge < -0.3 is 19.7 Å². The molecule has 0 radical (unpaired) electrons. The molecule has 3 N–H and O–H groups in total. The molecule has 8 heteroatoms. The van der Waals surface area contributed by atoms with E-state index in [2.05, 4.69) is 5.32 Å². The lowest BCUT2D eigenvalue weighted by Gasteiger charge is -2.28. The number of aliphatic hydroxyl groups is 1. The molecule has 0 bridgehead atoms. The standard InChI is InChI=1S/C25H24FNO6/c1-16(29)17-7-10-19(11-8-17)27-25(31)33-24(18-9-12-22(30)21(26)15-18)23(13-14-28)32-20-5-3-2-4-6-20/h2-12,15,23-24,28,30H,13-14H2,1H3,(H,27,31)/t23-,24-/m1/s1. The van der Waals surface area contributed by atoms with Gasteiger partial charge >= 0.3 is 6.09 Å². The molecule has 0 fully saturated rings. The van der Waals surface area contributed by atoms with E-state index < -0.39 is 29.9 Å². The SMILES string of the molecule is CC(=O)c1ccc(NC(=O)O[C@H](c2ccc(O)c(F)c2)[C@@H](CCO)Oc2ccccc2)cc1. The molecule has 3 rings (SSSR count). The predicted octanol–water partition coefficient (Wildman–Crippen LogP) is 4.85. The van der Waals surface area contributed by atoms with Crippen molar-refractivity contribution in [3.8, 4) is 11.5 Å². The molecule has 0 aliphatic rings. The maximum absolute atomic E-state index is 14.1. The third-order valence-corrected chi connectivity index (χ3v) is 4.85. The lowest BCUT2D eigenvalue weighted by molar-refractivity contribution is 0.00892. The fourth-order valence-electron chi connectivity index (χ4n) is 3.18. The second-order valence-corrected chi connectivity index (χ2v) is 7.28. The Balaban J connectivity index is 1.85. The summed E-state index contributed by atoms with van der Waals surface area (Å²) in [5.41, 5.74) is 1.12. The maximum atomic E-state index is 14.1. The topological polar surface area (TPSA) is 105 Å². The van der Waals surface area contributed by atoms with Gasteiger partial charge in [0, 0.05) is 24.3 Å². The summed E-state index contributed by atoms with van der Waals surface area (Å²) in [4.78, 5) is 24.1. The molecule has 3 aromatic carbocycles. The summed E-state index contributed by atoms with van der Waals surface area (Å²) in [5.74, 6) is -1.06. The summed E-state index contributed by atoms with van der Waals surface area (Å²) in [6, 6.07) is 18.6. The average molecular weight is 453 g/mol. The zero-order valence-electron chi connectivity index (χ0n) is 17.9. The molecule has 0 heterocycles. The first kappa shape index (κ1) is 23.7. The first-order chi connectivity index (χ1) is 15.9. The first-order valence-corrected chi connectivity index (χ1v) is 10.3. The van der Waals surface area contributed by atoms with Gasteiger partial charge in [-0.05, 0) is 61.0 Å². The van der Waals surface area contributed by atoms with Crippen LogP contribution in [0.5, 0.6) is 11.5 Å². The fraction of sp³-hybridized carbons (Fsp3) is 0.200. The smallest absolute Gasteiger partial charge is 0.412 e. The zero-order chi connectivity index (χ0) is 23.8. The highest BCUT2D eigenvalue weighted by Gasteiger charge is 2.30. The van der Waals surface area contributed by atoms with Crippen molar-refractivity contribution in [1.29, 1.82) is 0 Å². The quantitative estimate of drug-likeness (QED) is 0.400. The number of hydrogen-bond donors (Lipinski definition) is 3. The molecular formula is C25H24FNO6. The van der Waals surface area contributed by atoms with Crippen LogP contribution in [0.1, 0.15) is 35.4 Å². The van der Waals surface area contributed by atoms with Gasteiger partial charge in [0.05, 0.1) is 0 Å². The van der Waals surface area contributed by atoms with E-state index in [0.29, 0.717) is 17.0 Å². The minimum Gasteiger partial charge on any atom is -0.505 e. The Morgan fingerprint density at radius 3 is 2.33 bits per heavy atom. The van der Waals surface area contributed by atoms with Gasteiger partial charge in [-0.25, -0.2) is 9.18 Å². The number of phenols is 1. The molecule has 7 nitrogen and oxygen atoms in total. The van der Waals surface area contributed by atoms with E-state index in [1.54, 1.807) is 48.5 Å². The summed E-state index contributed by atoms with van der Waals surface area (Å²) in [7, 11) is 0. The van der Waals surface area contributed by atoms with E-state index in [-0.39, 0.29) is 24.4 Å². The van der Waals surface area contributed by atoms with Gasteiger partial charge in [-0.15, -0.1) is 0 Å². The predicted molar refractivity (Wildman–Crippen MR) is 120 cm³/mol. The molecule has 0 aromatic heterocycles. The van der Waals surface area contributed by atoms with Crippen LogP contribution in [-0.2, 0) is 4.74 Å². The van der Waals surface area contributed by atoms with Gasteiger partial charge in [-0.3, -0.25) is 10.1 Å². The van der Waals surface area contributed by atoms with Crippen molar-refractivity contribution in [1.82, 2.24) is 0 Å². The van der Waals surface area contributed by atoms with Gasteiger partial charge in [0.1, 0.15) is 11.9 Å². The number of carbonyl (C=O) groups is 2. The molecule has 0 saturated heterocycles. The summed E-state index contributed by atoms with van der Waals surface area (Å²) < 4.78 is 25.6. The van der Waals surface area contributed by atoms with Gasteiger partial charge in [0.15, 0.2) is 23.5 Å². The minimum atomic E-state index is -1.11. The van der Waals surface area contributed by atoms with Crippen LogP contribution in [0.3, 0.4) is 0 Å². The molecule has 1 amide bonds. The molecule has 2 atom stereocenters. The second kappa shape index (κ2) is 11.1. The van der Waals surface area contributed by atoms with Crippen LogP contribution in [0.25, 0.3) is 0 Å². The zero-order valence-corrected chi connectivity index (χ0v) is 17.9. The Kier molecular flexibility index (Phi) is 7.99. The number of aliphatic hydroxyl groups excluding tert-OH is 1. The van der Waals surface area contributed by atoms with Crippen molar-refractivity contribution >= 4 is 17.6 Å². The van der Waals surface area contributed by atoms with Crippen molar-refractivity contribution < 1.29 is 33.7 Å². The van der Waals surface area contributed by atoms with Crippen LogP contribution in [0, 0.1) is 5.82 Å². The highest BCUT2D eigenvalue weighted by molar-refractivity contribution is 5.95. The van der Waals surface area contributed by atoms with Crippen LogP contribution >= 0.6 is 0 Å². The van der Waals surface area contributed by atoms with Crippen LogP contribution in [0.15, 0.2) is 72.8 Å². The van der Waals surface area contributed by atoms with Gasteiger partial charge in [-0.1, -0.05) is 24.3 Å². The van der Waals surface area contributed by atoms with E-state index in [4.69, 9.17) is 9.47 Å². The highest BCUT2D eigenvalue weighted by Crippen LogP contribution is 2.30. The molecule has 0 unspecified atom stereocenters. The largest absolute Gasteiger partial charge is 0.505 e. The lowest BCUT2D eigenvalue weighted by Crippen LogP contribution is -2.32. The Hall–Kier alpha value is -3.91. The number of nitrogens with one attached hydrogen (secondary N) is 1. The number of phenolic OH excluding ortho intramolecular Hbond substituents is 1. The van der Waals surface area contributed by atoms with Crippen molar-refractivity contribution in [3.05, 3.63) is 89.7 Å². The van der Waals surface area contributed by atoms with Gasteiger partial charge in [0.25, 0.3) is 0 Å². The van der Waals surface area contributed by atoms with E-state index in [1.807, 2.05) is 6.07 Å². The number of benzene rings is 3. The summed E-state index contributed by atoms with van der Waals surface area (Å²) in [6.45, 7) is 1.16. The van der Waals surface area contributed by atoms with Gasteiger partial charge in [-0.2, -0.15) is 0 Å². The molecular weight excluding hydrogens is 429 g/mol. The number of aromatic hydroxyl groups is 1. The van der Waals surface area contributed by atoms with E-state index in [1.165, 1.54) is 13.0 Å². The van der Waals surface area contributed by atoms with Crippen molar-refractivity contribution in [2.75, 3.05) is 11.9 Å². The fourth-order valence-corrected chi connectivity index (χ4v) is 3.18. The number of Topliss-reactive ketones (excluding diaryl/α,β-unsaturated/α-hetero) is 1. The number of anilines is 1. The summed E-state index contributed by atoms with van der Waals surface area (Å²) >= 11 is 0. The minimum absolute atomic E-state index is 0.0860. The second-order valence-electron chi connectivity index (χ2n) is 7.28. The third-order valence-electron chi connectivity index (χ3n) is 4.85. The number of ketones is 1. The molecule has 0 aliphatic heterocycles. The number of rotatable bonds is 9. The number of hydrogen-bond acceptors (Lipinski definition) is 6. The highest BCUT2D eigenvalue weighted by atomic mass is 19.1. The van der Waals surface area contributed by atoms with Crippen LogP contribution < -0.4 is 10.1 Å². The Labute approximate surface area is 190 Å². The lowest BCUT2D eigenvalue weighted by atomic mass is 10.0. The molecule has 33 heavy (non-hydrogen) atoms. The molecule has 0 spiro atoms. The maximum Gasteiger partial charge on any atom is 0.412 e. The number of para-hydroxylation sites is 1.